The first-order valence-electron chi connectivity index (χ1n) is 6.79. The molecule has 0 aromatic heterocycles. The van der Waals surface area contributed by atoms with E-state index < -0.39 is 0 Å². The van der Waals surface area contributed by atoms with Gasteiger partial charge in [-0.3, -0.25) is 4.79 Å². The number of aliphatic hydroxyl groups excluding tert-OH is 1. The third kappa shape index (κ3) is 5.92. The number of aliphatic hydroxyl groups is 1. The van der Waals surface area contributed by atoms with E-state index in [0.29, 0.717) is 18.6 Å². The van der Waals surface area contributed by atoms with Crippen molar-refractivity contribution in [3.63, 3.8) is 0 Å². The molecule has 0 aliphatic carbocycles. The molecule has 3 nitrogen and oxygen atoms in total. The molecule has 20 heavy (non-hydrogen) atoms. The smallest absolute Gasteiger partial charge is 0.221 e. The summed E-state index contributed by atoms with van der Waals surface area (Å²) in [5, 5.41) is 12.0. The van der Waals surface area contributed by atoms with Crippen LogP contribution in [0.1, 0.15) is 33.1 Å². The van der Waals surface area contributed by atoms with Crippen LogP contribution in [0.4, 0.5) is 4.39 Å². The second kappa shape index (κ2) is 8.27. The van der Waals surface area contributed by atoms with Crippen molar-refractivity contribution in [2.24, 2.45) is 0 Å². The molecule has 1 aromatic rings. The molecule has 0 fully saturated rings. The molecule has 5 heteroatoms. The van der Waals surface area contributed by atoms with Crippen LogP contribution >= 0.6 is 11.8 Å². The minimum atomic E-state index is -0.341. The highest BCUT2D eigenvalue weighted by Gasteiger charge is 2.23. The highest BCUT2D eigenvalue weighted by Crippen LogP contribution is 2.19. The Kier molecular flexibility index (Phi) is 7.02. The van der Waals surface area contributed by atoms with Gasteiger partial charge in [0.25, 0.3) is 0 Å². The van der Waals surface area contributed by atoms with Gasteiger partial charge >= 0.3 is 0 Å². The van der Waals surface area contributed by atoms with E-state index in [0.717, 1.165) is 11.3 Å². The number of hydrogen-bond acceptors (Lipinski definition) is 3. The van der Waals surface area contributed by atoms with Gasteiger partial charge in [-0.15, -0.1) is 11.8 Å². The molecule has 0 saturated carbocycles. The molecule has 0 heterocycles. The first-order valence-corrected chi connectivity index (χ1v) is 7.78. The fraction of sp³-hybridized carbons (Fsp3) is 0.533. The third-order valence-electron chi connectivity index (χ3n) is 3.30. The van der Waals surface area contributed by atoms with Crippen molar-refractivity contribution in [1.82, 2.24) is 5.32 Å². The minimum absolute atomic E-state index is 0.0163. The lowest BCUT2D eigenvalue weighted by Crippen LogP contribution is -2.46. The number of carbonyl (C=O) groups is 1. The van der Waals surface area contributed by atoms with Gasteiger partial charge in [0.05, 0.1) is 0 Å². The van der Waals surface area contributed by atoms with E-state index in [-0.39, 0.29) is 23.9 Å². The Hall–Kier alpha value is -1.07. The highest BCUT2D eigenvalue weighted by molar-refractivity contribution is 7.99. The number of halogens is 1. The fourth-order valence-electron chi connectivity index (χ4n) is 1.77. The number of rotatable bonds is 8. The van der Waals surface area contributed by atoms with Crippen LogP contribution in [0.3, 0.4) is 0 Å². The number of nitrogens with one attached hydrogen (secondary N) is 1. The zero-order valence-electron chi connectivity index (χ0n) is 12.0. The van der Waals surface area contributed by atoms with Gasteiger partial charge in [-0.2, -0.15) is 0 Å². The van der Waals surface area contributed by atoms with Gasteiger partial charge < -0.3 is 10.4 Å². The molecule has 1 amide bonds. The topological polar surface area (TPSA) is 49.3 Å². The molecule has 2 N–H and O–H groups in total. The SMILES string of the molecule is CCC(C)(CCO)NC(=O)CCSc1ccc(F)cc1. The van der Waals surface area contributed by atoms with Crippen LogP contribution in [0.25, 0.3) is 0 Å². The van der Waals surface area contributed by atoms with Crippen LogP contribution in [-0.4, -0.2) is 28.9 Å². The van der Waals surface area contributed by atoms with Crippen LogP contribution in [-0.2, 0) is 4.79 Å². The molecular weight excluding hydrogens is 277 g/mol. The minimum Gasteiger partial charge on any atom is -0.396 e. The molecule has 1 unspecified atom stereocenters. The third-order valence-corrected chi connectivity index (χ3v) is 4.31. The Bertz CT molecular complexity index is 424. The van der Waals surface area contributed by atoms with E-state index in [1.165, 1.54) is 23.9 Å². The average Bonchev–Trinajstić information content (AvgIpc) is 2.41. The predicted molar refractivity (Wildman–Crippen MR) is 80.3 cm³/mol. The zero-order chi connectivity index (χ0) is 15.0. The van der Waals surface area contributed by atoms with Gasteiger partial charge in [-0.25, -0.2) is 4.39 Å². The Morgan fingerprint density at radius 3 is 2.60 bits per heavy atom. The maximum atomic E-state index is 12.7. The molecule has 0 aliphatic rings. The van der Waals surface area contributed by atoms with Crippen molar-refractivity contribution in [1.29, 1.82) is 0 Å². The van der Waals surface area contributed by atoms with Crippen molar-refractivity contribution in [3.8, 4) is 0 Å². The molecule has 0 saturated heterocycles. The summed E-state index contributed by atoms with van der Waals surface area (Å²) in [6.07, 6.45) is 1.74. The second-order valence-corrected chi connectivity index (χ2v) is 6.16. The van der Waals surface area contributed by atoms with Crippen molar-refractivity contribution >= 4 is 17.7 Å². The van der Waals surface area contributed by atoms with Crippen LogP contribution < -0.4 is 5.32 Å². The Morgan fingerprint density at radius 1 is 1.40 bits per heavy atom. The normalized spacial score (nSPS) is 13.8. The maximum absolute atomic E-state index is 12.7. The number of hydrogen-bond donors (Lipinski definition) is 2. The van der Waals surface area contributed by atoms with Gasteiger partial charge in [0.1, 0.15) is 5.82 Å². The predicted octanol–water partition coefficient (Wildman–Crippen LogP) is 2.98. The lowest BCUT2D eigenvalue weighted by molar-refractivity contribution is -0.122. The van der Waals surface area contributed by atoms with Gasteiger partial charge in [0.15, 0.2) is 0 Å². The Labute approximate surface area is 124 Å². The van der Waals surface area contributed by atoms with Gasteiger partial charge in [-0.05, 0) is 44.0 Å². The summed E-state index contributed by atoms with van der Waals surface area (Å²) < 4.78 is 12.7. The summed E-state index contributed by atoms with van der Waals surface area (Å²) in [7, 11) is 0. The maximum Gasteiger partial charge on any atom is 0.221 e. The molecule has 0 bridgehead atoms. The Morgan fingerprint density at radius 2 is 2.05 bits per heavy atom. The van der Waals surface area contributed by atoms with E-state index in [9.17, 15) is 9.18 Å². The van der Waals surface area contributed by atoms with Gasteiger partial charge in [0, 0.05) is 29.2 Å². The molecule has 0 radical (unpaired) electrons. The number of carbonyl (C=O) groups excluding carboxylic acids is 1. The number of amides is 1. The molecular formula is C15H22FNO2S. The molecule has 0 aliphatic heterocycles. The summed E-state index contributed by atoms with van der Waals surface area (Å²) in [4.78, 5) is 12.8. The summed E-state index contributed by atoms with van der Waals surface area (Å²) in [5.74, 6) is 0.378. The highest BCUT2D eigenvalue weighted by atomic mass is 32.2. The van der Waals surface area contributed by atoms with Crippen molar-refractivity contribution in [3.05, 3.63) is 30.1 Å². The quantitative estimate of drug-likeness (QED) is 0.726. The van der Waals surface area contributed by atoms with Gasteiger partial charge in [0.2, 0.25) is 5.91 Å². The van der Waals surface area contributed by atoms with E-state index in [1.54, 1.807) is 12.1 Å². The van der Waals surface area contributed by atoms with Crippen LogP contribution in [0.15, 0.2) is 29.2 Å². The average molecular weight is 299 g/mol. The summed E-state index contributed by atoms with van der Waals surface area (Å²) in [5.41, 5.74) is -0.341. The van der Waals surface area contributed by atoms with Crippen LogP contribution in [0.2, 0.25) is 0 Å². The lowest BCUT2D eigenvalue weighted by Gasteiger charge is -2.29. The molecule has 1 atom stereocenters. The number of benzene rings is 1. The first kappa shape index (κ1) is 17.0. The second-order valence-electron chi connectivity index (χ2n) is 4.99. The van der Waals surface area contributed by atoms with E-state index >= 15 is 0 Å². The molecule has 0 spiro atoms. The van der Waals surface area contributed by atoms with Gasteiger partial charge in [-0.1, -0.05) is 6.92 Å². The van der Waals surface area contributed by atoms with Crippen LogP contribution in [0.5, 0.6) is 0 Å². The van der Waals surface area contributed by atoms with E-state index in [2.05, 4.69) is 5.32 Å². The summed E-state index contributed by atoms with van der Waals surface area (Å²) in [6, 6.07) is 6.25. The van der Waals surface area contributed by atoms with E-state index in [4.69, 9.17) is 5.11 Å². The Balaban J connectivity index is 2.34. The summed E-state index contributed by atoms with van der Waals surface area (Å²) >= 11 is 1.53. The zero-order valence-corrected chi connectivity index (χ0v) is 12.8. The molecule has 112 valence electrons. The van der Waals surface area contributed by atoms with Crippen molar-refractivity contribution in [2.45, 2.75) is 43.5 Å². The molecule has 1 rings (SSSR count). The first-order chi connectivity index (χ1) is 9.49. The summed E-state index contributed by atoms with van der Waals surface area (Å²) in [6.45, 7) is 3.99. The number of thioether (sulfide) groups is 1. The van der Waals surface area contributed by atoms with Crippen molar-refractivity contribution in [2.75, 3.05) is 12.4 Å². The van der Waals surface area contributed by atoms with E-state index in [1.807, 2.05) is 13.8 Å². The fourth-order valence-corrected chi connectivity index (χ4v) is 2.62. The monoisotopic (exact) mass is 299 g/mol. The molecule has 1 aromatic carbocycles. The standard InChI is InChI=1S/C15H22FNO2S/c1-3-15(2,9-10-18)17-14(19)8-11-20-13-6-4-12(16)5-7-13/h4-7,18H,3,8-11H2,1-2H3,(H,17,19). The van der Waals surface area contributed by atoms with Crippen LogP contribution in [0, 0.1) is 5.82 Å². The van der Waals surface area contributed by atoms with Crippen molar-refractivity contribution < 1.29 is 14.3 Å². The largest absolute Gasteiger partial charge is 0.396 e. The lowest BCUT2D eigenvalue weighted by atomic mass is 9.95.